The molecule has 46 heavy (non-hydrogen) atoms. The molecule has 1 atom stereocenters. The van der Waals surface area contributed by atoms with Gasteiger partial charge in [0, 0.05) is 47.9 Å². The molecule has 3 heterocycles. The first-order valence-corrected chi connectivity index (χ1v) is 14.0. The molecule has 3 aromatic carbocycles. The van der Waals surface area contributed by atoms with Gasteiger partial charge in [-0.2, -0.15) is 14.0 Å². The zero-order valence-corrected chi connectivity index (χ0v) is 23.9. The topological polar surface area (TPSA) is 124 Å². The minimum absolute atomic E-state index is 0.0960. The highest BCUT2D eigenvalue weighted by atomic mass is 19.3. The van der Waals surface area contributed by atoms with Crippen LogP contribution in [0.5, 0.6) is 0 Å². The number of nitriles is 1. The van der Waals surface area contributed by atoms with Gasteiger partial charge in [0.25, 0.3) is 0 Å². The van der Waals surface area contributed by atoms with Crippen LogP contribution in [0.1, 0.15) is 16.8 Å². The molecule has 0 radical (unpaired) electrons. The zero-order valence-electron chi connectivity index (χ0n) is 23.9. The van der Waals surface area contributed by atoms with Gasteiger partial charge in [-0.1, -0.05) is 18.2 Å². The van der Waals surface area contributed by atoms with E-state index in [9.17, 15) is 18.7 Å². The number of pyridine rings is 1. The van der Waals surface area contributed by atoms with Crippen molar-refractivity contribution in [3.63, 3.8) is 0 Å². The smallest absolute Gasteiger partial charge is 0.323 e. The van der Waals surface area contributed by atoms with Gasteiger partial charge in [0.15, 0.2) is 5.60 Å². The van der Waals surface area contributed by atoms with Crippen molar-refractivity contribution in [2.75, 3.05) is 29.4 Å². The standard InChI is InChI=1S/C32H24F4N8O2/c33-24-6-11-27(28(34)15-24)31(46,19-43-20-39-40-41-43)32(35,36)29-12-5-23(17-38-29)22-3-9-25(10-4-22)42-13-14-44(30(45)18-42)26-7-1-21(16-37)2-8-26/h1-12,15,17,20,46H,13-14,18-19H2. The highest BCUT2D eigenvalue weighted by Crippen LogP contribution is 2.47. The summed E-state index contributed by atoms with van der Waals surface area (Å²) in [5, 5.41) is 30.6. The van der Waals surface area contributed by atoms with Crippen molar-refractivity contribution < 1.29 is 27.5 Å². The number of hydrogen-bond acceptors (Lipinski definition) is 8. The summed E-state index contributed by atoms with van der Waals surface area (Å²) in [6.45, 7) is 0.212. The predicted molar refractivity (Wildman–Crippen MR) is 157 cm³/mol. The number of aliphatic hydroxyl groups is 1. The molecule has 1 aliphatic heterocycles. The number of piperazine rings is 1. The van der Waals surface area contributed by atoms with Crippen LogP contribution < -0.4 is 9.80 Å². The van der Waals surface area contributed by atoms with Gasteiger partial charge in [-0.3, -0.25) is 9.78 Å². The Morgan fingerprint density at radius 2 is 1.63 bits per heavy atom. The average molecular weight is 629 g/mol. The summed E-state index contributed by atoms with van der Waals surface area (Å²) in [5.41, 5.74) is -1.78. The van der Waals surface area contributed by atoms with Gasteiger partial charge in [0.05, 0.1) is 24.7 Å². The van der Waals surface area contributed by atoms with E-state index in [1.54, 1.807) is 41.3 Å². The summed E-state index contributed by atoms with van der Waals surface area (Å²) >= 11 is 0. The Bertz CT molecular complexity index is 1900. The molecule has 1 amide bonds. The van der Waals surface area contributed by atoms with Crippen molar-refractivity contribution in [3.05, 3.63) is 120 Å². The van der Waals surface area contributed by atoms with E-state index in [1.807, 2.05) is 17.0 Å². The summed E-state index contributed by atoms with van der Waals surface area (Å²) in [7, 11) is 0. The van der Waals surface area contributed by atoms with Gasteiger partial charge in [-0.25, -0.2) is 13.5 Å². The molecule has 1 aliphatic rings. The fraction of sp³-hybridized carbons (Fsp3) is 0.188. The monoisotopic (exact) mass is 628 g/mol. The first-order valence-electron chi connectivity index (χ1n) is 14.0. The van der Waals surface area contributed by atoms with E-state index >= 15 is 8.78 Å². The Balaban J connectivity index is 1.19. The van der Waals surface area contributed by atoms with Crippen molar-refractivity contribution in [2.24, 2.45) is 0 Å². The number of nitrogens with zero attached hydrogens (tertiary/aromatic N) is 8. The molecule has 0 spiro atoms. The number of rotatable bonds is 8. The van der Waals surface area contributed by atoms with Gasteiger partial charge in [0.2, 0.25) is 5.91 Å². The molecule has 0 saturated carbocycles. The van der Waals surface area contributed by atoms with Crippen LogP contribution in [-0.4, -0.2) is 55.8 Å². The lowest BCUT2D eigenvalue weighted by atomic mass is 9.84. The highest BCUT2D eigenvalue weighted by molar-refractivity contribution is 5.97. The second-order valence-corrected chi connectivity index (χ2v) is 10.7. The summed E-state index contributed by atoms with van der Waals surface area (Å²) in [5.74, 6) is -6.64. The molecule has 6 rings (SSSR count). The SMILES string of the molecule is N#Cc1ccc(N2CCN(c3ccc(-c4ccc(C(F)(F)C(O)(Cn5cnnn5)c5ccc(F)cc5F)nc4)cc3)CC2=O)cc1. The van der Waals surface area contributed by atoms with Crippen LogP contribution in [-0.2, 0) is 22.9 Å². The molecule has 1 saturated heterocycles. The Morgan fingerprint density at radius 3 is 2.24 bits per heavy atom. The lowest BCUT2D eigenvalue weighted by Crippen LogP contribution is -2.50. The van der Waals surface area contributed by atoms with E-state index in [-0.39, 0.29) is 12.5 Å². The molecule has 10 nitrogen and oxygen atoms in total. The number of carbonyl (C=O) groups is 1. The van der Waals surface area contributed by atoms with Crippen LogP contribution in [0.2, 0.25) is 0 Å². The van der Waals surface area contributed by atoms with Crippen LogP contribution in [0.4, 0.5) is 28.9 Å². The second kappa shape index (κ2) is 12.0. The van der Waals surface area contributed by atoms with E-state index < -0.39 is 41.0 Å². The Kier molecular flexibility index (Phi) is 7.93. The van der Waals surface area contributed by atoms with Gasteiger partial charge in [-0.15, -0.1) is 5.10 Å². The maximum absolute atomic E-state index is 16.1. The van der Waals surface area contributed by atoms with Gasteiger partial charge in [-0.05, 0) is 70.6 Å². The molecular formula is C32H24F4N8O2. The largest absolute Gasteiger partial charge is 0.377 e. The van der Waals surface area contributed by atoms with Gasteiger partial charge >= 0.3 is 5.92 Å². The number of anilines is 2. The van der Waals surface area contributed by atoms with Crippen LogP contribution in [0.15, 0.2) is 91.4 Å². The molecular weight excluding hydrogens is 604 g/mol. The Labute approximate surface area is 259 Å². The number of tetrazole rings is 1. The van der Waals surface area contributed by atoms with Gasteiger partial charge in [0.1, 0.15) is 23.7 Å². The van der Waals surface area contributed by atoms with Crippen molar-refractivity contribution >= 4 is 17.3 Å². The van der Waals surface area contributed by atoms with Crippen LogP contribution in [0.25, 0.3) is 11.1 Å². The first kappa shape index (κ1) is 30.4. The minimum Gasteiger partial charge on any atom is -0.377 e. The predicted octanol–water partition coefficient (Wildman–Crippen LogP) is 4.42. The van der Waals surface area contributed by atoms with Crippen LogP contribution in [0.3, 0.4) is 0 Å². The third-order valence-electron chi connectivity index (χ3n) is 7.86. The molecule has 1 fully saturated rings. The van der Waals surface area contributed by atoms with Crippen molar-refractivity contribution in [3.8, 4) is 17.2 Å². The fourth-order valence-electron chi connectivity index (χ4n) is 5.38. The number of carbonyl (C=O) groups excluding carboxylic acids is 1. The van der Waals surface area contributed by atoms with Crippen molar-refractivity contribution in [2.45, 2.75) is 18.1 Å². The van der Waals surface area contributed by atoms with E-state index in [0.29, 0.717) is 35.8 Å². The fourth-order valence-corrected chi connectivity index (χ4v) is 5.38. The maximum atomic E-state index is 16.1. The normalized spacial score (nSPS) is 15.0. The summed E-state index contributed by atoms with van der Waals surface area (Å²) in [4.78, 5) is 20.4. The van der Waals surface area contributed by atoms with Crippen LogP contribution in [0, 0.1) is 23.0 Å². The summed E-state index contributed by atoms with van der Waals surface area (Å²) < 4.78 is 61.3. The number of halogens is 4. The maximum Gasteiger partial charge on any atom is 0.323 e. The zero-order chi connectivity index (χ0) is 32.5. The highest BCUT2D eigenvalue weighted by Gasteiger charge is 2.58. The van der Waals surface area contributed by atoms with E-state index in [0.717, 1.165) is 40.6 Å². The molecule has 14 heteroatoms. The molecule has 5 aromatic rings. The van der Waals surface area contributed by atoms with Crippen molar-refractivity contribution in [1.29, 1.82) is 5.26 Å². The molecule has 232 valence electrons. The molecule has 0 bridgehead atoms. The summed E-state index contributed by atoms with van der Waals surface area (Å²) in [6.07, 6.45) is 2.18. The molecule has 2 aromatic heterocycles. The quantitative estimate of drug-likeness (QED) is 0.251. The lowest BCUT2D eigenvalue weighted by molar-refractivity contribution is -0.207. The number of hydrogen-bond donors (Lipinski definition) is 1. The number of aromatic nitrogens is 5. The second-order valence-electron chi connectivity index (χ2n) is 10.7. The third kappa shape index (κ3) is 5.64. The molecule has 1 unspecified atom stereocenters. The first-order chi connectivity index (χ1) is 22.1. The molecule has 0 aliphatic carbocycles. The average Bonchev–Trinajstić information content (AvgIpc) is 3.57. The molecule has 1 N–H and O–H groups in total. The van der Waals surface area contributed by atoms with Gasteiger partial charge < -0.3 is 14.9 Å². The lowest BCUT2D eigenvalue weighted by Gasteiger charge is -2.36. The Morgan fingerprint density at radius 1 is 0.913 bits per heavy atom. The van der Waals surface area contributed by atoms with Crippen LogP contribution >= 0.6 is 0 Å². The van der Waals surface area contributed by atoms with E-state index in [1.165, 1.54) is 12.3 Å². The summed E-state index contributed by atoms with van der Waals surface area (Å²) in [6, 6.07) is 20.4. The number of amides is 1. The third-order valence-corrected chi connectivity index (χ3v) is 7.86. The number of alkyl halides is 2. The number of benzene rings is 3. The van der Waals surface area contributed by atoms with E-state index in [4.69, 9.17) is 5.26 Å². The Hall–Kier alpha value is -5.68. The van der Waals surface area contributed by atoms with Crippen molar-refractivity contribution in [1.82, 2.24) is 25.2 Å². The van der Waals surface area contributed by atoms with E-state index in [2.05, 4.69) is 26.6 Å². The minimum atomic E-state index is -4.17.